The van der Waals surface area contributed by atoms with Crippen LogP contribution in [-0.2, 0) is 9.59 Å². The minimum atomic E-state index is -0.767. The Morgan fingerprint density at radius 1 is 0.789 bits per heavy atom. The van der Waals surface area contributed by atoms with Crippen molar-refractivity contribution in [2.24, 2.45) is 0 Å². The second kappa shape index (κ2) is 8.87. The van der Waals surface area contributed by atoms with Gasteiger partial charge in [0.15, 0.2) is 0 Å². The molecule has 0 amide bonds. The second-order valence-corrected chi connectivity index (χ2v) is 5.16. The largest absolute Gasteiger partial charge is 0.480 e. The zero-order chi connectivity index (χ0) is 14.1. The molecule has 4 N–H and O–H groups in total. The summed E-state index contributed by atoms with van der Waals surface area (Å²) in [5, 5.41) is 22.4. The molecule has 0 atom stereocenters. The first-order valence-electron chi connectivity index (χ1n) is 6.98. The topological polar surface area (TPSA) is 98.7 Å². The molecule has 2 fully saturated rings. The molecule has 0 unspecified atom stereocenters. The van der Waals surface area contributed by atoms with Crippen LogP contribution in [0.2, 0.25) is 0 Å². The summed E-state index contributed by atoms with van der Waals surface area (Å²) in [7, 11) is 0. The van der Waals surface area contributed by atoms with Gasteiger partial charge >= 0.3 is 11.9 Å². The number of carboxylic acid groups (broad SMARTS) is 2. The number of hydrogen-bond donors (Lipinski definition) is 4. The first kappa shape index (κ1) is 15.9. The predicted molar refractivity (Wildman–Crippen MR) is 71.2 cm³/mol. The van der Waals surface area contributed by atoms with Gasteiger partial charge in [-0.3, -0.25) is 9.59 Å². The Morgan fingerprint density at radius 3 is 1.58 bits per heavy atom. The van der Waals surface area contributed by atoms with Crippen molar-refractivity contribution >= 4 is 11.9 Å². The molecule has 2 aliphatic carbocycles. The number of carbonyl (C=O) groups is 2. The highest BCUT2D eigenvalue weighted by Gasteiger charge is 2.20. The fourth-order valence-electron chi connectivity index (χ4n) is 2.06. The van der Waals surface area contributed by atoms with Crippen LogP contribution in [0.5, 0.6) is 0 Å². The highest BCUT2D eigenvalue weighted by Crippen LogP contribution is 2.18. The van der Waals surface area contributed by atoms with Gasteiger partial charge in [0.2, 0.25) is 0 Å². The molecule has 0 heterocycles. The zero-order valence-corrected chi connectivity index (χ0v) is 11.2. The van der Waals surface area contributed by atoms with Crippen LogP contribution in [0.4, 0.5) is 0 Å². The standard InChI is InChI=1S/C8H15NO2.C5H9NO2/c10-8(11)6-9-7-4-2-1-3-5-7;7-5(8)3-6-4-1-2-4/h7,9H,1-6H2,(H,10,11);4,6H,1-3H2,(H,7,8). The van der Waals surface area contributed by atoms with Gasteiger partial charge in [-0.2, -0.15) is 0 Å². The molecule has 0 aromatic carbocycles. The maximum atomic E-state index is 10.2. The maximum Gasteiger partial charge on any atom is 0.317 e. The van der Waals surface area contributed by atoms with E-state index in [4.69, 9.17) is 10.2 Å². The number of aliphatic carboxylic acids is 2. The van der Waals surface area contributed by atoms with Crippen molar-refractivity contribution in [3.8, 4) is 0 Å². The Morgan fingerprint density at radius 2 is 1.21 bits per heavy atom. The summed E-state index contributed by atoms with van der Waals surface area (Å²) in [5.41, 5.74) is 0. The Hall–Kier alpha value is -1.14. The lowest BCUT2D eigenvalue weighted by molar-refractivity contribution is -0.137. The molecule has 6 nitrogen and oxygen atoms in total. The third-order valence-electron chi connectivity index (χ3n) is 3.27. The zero-order valence-electron chi connectivity index (χ0n) is 11.2. The molecular formula is C13H24N2O4. The second-order valence-electron chi connectivity index (χ2n) is 5.16. The Labute approximate surface area is 113 Å². The van der Waals surface area contributed by atoms with Crippen LogP contribution < -0.4 is 10.6 Å². The van der Waals surface area contributed by atoms with Crippen molar-refractivity contribution in [3.63, 3.8) is 0 Å². The van der Waals surface area contributed by atoms with E-state index in [1.54, 1.807) is 0 Å². The van der Waals surface area contributed by atoms with Crippen molar-refractivity contribution in [3.05, 3.63) is 0 Å². The summed E-state index contributed by atoms with van der Waals surface area (Å²) >= 11 is 0. The number of nitrogens with one attached hydrogen (secondary N) is 2. The molecule has 2 rings (SSSR count). The molecule has 0 aliphatic heterocycles. The first-order valence-corrected chi connectivity index (χ1v) is 6.98. The van der Waals surface area contributed by atoms with Crippen LogP contribution in [0.1, 0.15) is 44.9 Å². The molecule has 0 aromatic heterocycles. The van der Waals surface area contributed by atoms with E-state index >= 15 is 0 Å². The van der Waals surface area contributed by atoms with Crippen LogP contribution >= 0.6 is 0 Å². The Kier molecular flexibility index (Phi) is 7.43. The number of carboxylic acids is 2. The fourth-order valence-corrected chi connectivity index (χ4v) is 2.06. The van der Waals surface area contributed by atoms with Crippen molar-refractivity contribution < 1.29 is 19.8 Å². The summed E-state index contributed by atoms with van der Waals surface area (Å²) in [6, 6.07) is 0.964. The Bertz CT molecular complexity index is 286. The van der Waals surface area contributed by atoms with E-state index in [0.29, 0.717) is 12.1 Å². The highest BCUT2D eigenvalue weighted by molar-refractivity contribution is 5.69. The van der Waals surface area contributed by atoms with E-state index in [1.165, 1.54) is 19.3 Å². The monoisotopic (exact) mass is 272 g/mol. The van der Waals surface area contributed by atoms with Crippen molar-refractivity contribution in [1.82, 2.24) is 10.6 Å². The van der Waals surface area contributed by atoms with Crippen molar-refractivity contribution in [2.45, 2.75) is 57.0 Å². The van der Waals surface area contributed by atoms with E-state index in [-0.39, 0.29) is 13.1 Å². The van der Waals surface area contributed by atoms with Gasteiger partial charge in [0.25, 0.3) is 0 Å². The molecular weight excluding hydrogens is 248 g/mol. The SMILES string of the molecule is O=C(O)CNC1CC1.O=C(O)CNC1CCCCC1. The van der Waals surface area contributed by atoms with Gasteiger partial charge < -0.3 is 20.8 Å². The van der Waals surface area contributed by atoms with Gasteiger partial charge in [-0.1, -0.05) is 19.3 Å². The summed E-state index contributed by atoms with van der Waals surface area (Å²) in [6.45, 7) is 0.231. The van der Waals surface area contributed by atoms with E-state index in [9.17, 15) is 9.59 Å². The first-order chi connectivity index (χ1) is 9.08. The van der Waals surface area contributed by atoms with Gasteiger partial charge in [-0.25, -0.2) is 0 Å². The Balaban J connectivity index is 0.000000200. The minimum Gasteiger partial charge on any atom is -0.480 e. The van der Waals surface area contributed by atoms with Gasteiger partial charge in [0.05, 0.1) is 13.1 Å². The van der Waals surface area contributed by atoms with Gasteiger partial charge in [-0.05, 0) is 25.7 Å². The molecule has 2 saturated carbocycles. The third kappa shape index (κ3) is 9.44. The van der Waals surface area contributed by atoms with Gasteiger partial charge in [0.1, 0.15) is 0 Å². The minimum absolute atomic E-state index is 0.116. The predicted octanol–water partition coefficient (Wildman–Crippen LogP) is 0.816. The number of rotatable bonds is 6. The third-order valence-corrected chi connectivity index (χ3v) is 3.27. The number of hydrogen-bond acceptors (Lipinski definition) is 4. The molecule has 0 spiro atoms. The molecule has 6 heteroatoms. The molecule has 0 radical (unpaired) electrons. The summed E-state index contributed by atoms with van der Waals surface area (Å²) in [6.07, 6.45) is 8.39. The molecule has 0 saturated heterocycles. The van der Waals surface area contributed by atoms with Crippen LogP contribution in [0.25, 0.3) is 0 Å². The van der Waals surface area contributed by atoms with Crippen LogP contribution in [0, 0.1) is 0 Å². The van der Waals surface area contributed by atoms with E-state index < -0.39 is 11.9 Å². The summed E-state index contributed by atoms with van der Waals surface area (Å²) in [4.78, 5) is 20.0. The van der Waals surface area contributed by atoms with Crippen molar-refractivity contribution in [2.75, 3.05) is 13.1 Å². The lowest BCUT2D eigenvalue weighted by Gasteiger charge is -2.21. The van der Waals surface area contributed by atoms with E-state index in [1.807, 2.05) is 0 Å². The lowest BCUT2D eigenvalue weighted by Crippen LogP contribution is -2.34. The molecule has 110 valence electrons. The highest BCUT2D eigenvalue weighted by atomic mass is 16.4. The normalized spacial score (nSPS) is 19.4. The smallest absolute Gasteiger partial charge is 0.317 e. The van der Waals surface area contributed by atoms with E-state index in [0.717, 1.165) is 25.7 Å². The van der Waals surface area contributed by atoms with E-state index in [2.05, 4.69) is 10.6 Å². The lowest BCUT2D eigenvalue weighted by atomic mass is 9.96. The van der Waals surface area contributed by atoms with Gasteiger partial charge in [-0.15, -0.1) is 0 Å². The summed E-state index contributed by atoms with van der Waals surface area (Å²) in [5.74, 6) is -1.52. The van der Waals surface area contributed by atoms with Crippen LogP contribution in [0.15, 0.2) is 0 Å². The van der Waals surface area contributed by atoms with Crippen molar-refractivity contribution in [1.29, 1.82) is 0 Å². The quantitative estimate of drug-likeness (QED) is 0.571. The molecule has 2 aliphatic rings. The van der Waals surface area contributed by atoms with Gasteiger partial charge in [0, 0.05) is 12.1 Å². The average Bonchev–Trinajstić information content (AvgIpc) is 3.20. The average molecular weight is 272 g/mol. The maximum absolute atomic E-state index is 10.2. The fraction of sp³-hybridized carbons (Fsp3) is 0.846. The molecule has 0 aromatic rings. The van der Waals surface area contributed by atoms with Crippen LogP contribution in [-0.4, -0.2) is 47.3 Å². The molecule has 0 bridgehead atoms. The summed E-state index contributed by atoms with van der Waals surface area (Å²) < 4.78 is 0. The molecule has 19 heavy (non-hydrogen) atoms. The van der Waals surface area contributed by atoms with Crippen LogP contribution in [0.3, 0.4) is 0 Å².